The summed E-state index contributed by atoms with van der Waals surface area (Å²) in [6.45, 7) is 3.78. The standard InChI is InChI=1S/C12H14FNO/c1-7(2)11-9-3-4-14-12(9)8(6-15)5-10(11)13/h3-5,7,14-15H,6H2,1-2H3. The molecule has 0 aliphatic carbocycles. The molecule has 2 rings (SSSR count). The Morgan fingerprint density at radius 1 is 1.47 bits per heavy atom. The number of nitrogens with one attached hydrogen (secondary N) is 1. The van der Waals surface area contributed by atoms with E-state index in [0.717, 1.165) is 10.9 Å². The maximum Gasteiger partial charge on any atom is 0.127 e. The molecule has 0 spiro atoms. The third kappa shape index (κ3) is 1.53. The summed E-state index contributed by atoms with van der Waals surface area (Å²) >= 11 is 0. The van der Waals surface area contributed by atoms with Crippen LogP contribution in [0.3, 0.4) is 0 Å². The second-order valence-corrected chi connectivity index (χ2v) is 4.01. The van der Waals surface area contributed by atoms with Crippen molar-refractivity contribution in [3.05, 3.63) is 35.3 Å². The summed E-state index contributed by atoms with van der Waals surface area (Å²) in [5.41, 5.74) is 2.16. The van der Waals surface area contributed by atoms with Crippen LogP contribution in [-0.4, -0.2) is 10.1 Å². The lowest BCUT2D eigenvalue weighted by Crippen LogP contribution is -1.97. The van der Waals surface area contributed by atoms with Crippen molar-refractivity contribution in [1.29, 1.82) is 0 Å². The Bertz CT molecular complexity index is 488. The minimum atomic E-state index is -0.235. The molecule has 0 bridgehead atoms. The van der Waals surface area contributed by atoms with E-state index in [4.69, 9.17) is 5.11 Å². The fourth-order valence-electron chi connectivity index (χ4n) is 2.00. The van der Waals surface area contributed by atoms with Gasteiger partial charge in [-0.2, -0.15) is 0 Å². The number of aromatic nitrogens is 1. The van der Waals surface area contributed by atoms with E-state index in [1.165, 1.54) is 6.07 Å². The lowest BCUT2D eigenvalue weighted by atomic mass is 9.96. The Hall–Kier alpha value is -1.35. The van der Waals surface area contributed by atoms with Gasteiger partial charge in [0.2, 0.25) is 0 Å². The molecule has 0 aliphatic heterocycles. The molecular formula is C12H14FNO. The first kappa shape index (κ1) is 10.2. The predicted octanol–water partition coefficient (Wildman–Crippen LogP) is 2.92. The van der Waals surface area contributed by atoms with Crippen LogP contribution in [0.25, 0.3) is 10.9 Å². The number of halogens is 1. The molecule has 0 unspecified atom stereocenters. The largest absolute Gasteiger partial charge is 0.392 e. The van der Waals surface area contributed by atoms with Crippen molar-refractivity contribution in [2.24, 2.45) is 0 Å². The highest BCUT2D eigenvalue weighted by Gasteiger charge is 2.14. The Labute approximate surface area is 87.7 Å². The smallest absolute Gasteiger partial charge is 0.127 e. The van der Waals surface area contributed by atoms with Crippen molar-refractivity contribution < 1.29 is 9.50 Å². The second kappa shape index (κ2) is 3.66. The van der Waals surface area contributed by atoms with Gasteiger partial charge >= 0.3 is 0 Å². The van der Waals surface area contributed by atoms with E-state index in [-0.39, 0.29) is 18.3 Å². The third-order valence-corrected chi connectivity index (χ3v) is 2.66. The average molecular weight is 207 g/mol. The maximum atomic E-state index is 13.8. The molecule has 0 aliphatic rings. The van der Waals surface area contributed by atoms with E-state index in [1.807, 2.05) is 19.9 Å². The molecule has 1 heterocycles. The predicted molar refractivity (Wildman–Crippen MR) is 58.3 cm³/mol. The fourth-order valence-corrected chi connectivity index (χ4v) is 2.00. The molecule has 0 amide bonds. The van der Waals surface area contributed by atoms with Gasteiger partial charge in [0.1, 0.15) is 5.82 Å². The molecule has 2 nitrogen and oxygen atoms in total. The minimum absolute atomic E-state index is 0.135. The van der Waals surface area contributed by atoms with Crippen LogP contribution in [0.2, 0.25) is 0 Å². The van der Waals surface area contributed by atoms with E-state index in [2.05, 4.69) is 4.98 Å². The van der Waals surface area contributed by atoms with Crippen molar-refractivity contribution >= 4 is 10.9 Å². The van der Waals surface area contributed by atoms with Crippen LogP contribution in [-0.2, 0) is 6.61 Å². The Morgan fingerprint density at radius 3 is 2.80 bits per heavy atom. The van der Waals surface area contributed by atoms with Crippen LogP contribution >= 0.6 is 0 Å². The first-order valence-corrected chi connectivity index (χ1v) is 5.04. The summed E-state index contributed by atoms with van der Waals surface area (Å²) in [4.78, 5) is 3.03. The highest BCUT2D eigenvalue weighted by Crippen LogP contribution is 2.30. The number of hydrogen-bond acceptors (Lipinski definition) is 1. The number of aliphatic hydroxyl groups excluding tert-OH is 1. The average Bonchev–Trinajstić information content (AvgIpc) is 2.63. The number of H-pyrrole nitrogens is 1. The molecule has 80 valence electrons. The minimum Gasteiger partial charge on any atom is -0.392 e. The molecule has 2 aromatic rings. The number of fused-ring (bicyclic) bond motifs is 1. The molecular weight excluding hydrogens is 193 g/mol. The molecule has 0 saturated carbocycles. The van der Waals surface area contributed by atoms with Crippen LogP contribution in [0.4, 0.5) is 4.39 Å². The number of hydrogen-bond donors (Lipinski definition) is 2. The second-order valence-electron chi connectivity index (χ2n) is 4.01. The fraction of sp³-hybridized carbons (Fsp3) is 0.333. The van der Waals surface area contributed by atoms with E-state index in [9.17, 15) is 4.39 Å². The maximum absolute atomic E-state index is 13.8. The molecule has 0 radical (unpaired) electrons. The van der Waals surface area contributed by atoms with Crippen molar-refractivity contribution in [3.63, 3.8) is 0 Å². The summed E-state index contributed by atoms with van der Waals surface area (Å²) in [5, 5.41) is 9.99. The number of aliphatic hydroxyl groups is 1. The zero-order chi connectivity index (χ0) is 11.0. The van der Waals surface area contributed by atoms with Gasteiger partial charge in [0.25, 0.3) is 0 Å². The summed E-state index contributed by atoms with van der Waals surface area (Å²) in [6, 6.07) is 3.26. The monoisotopic (exact) mass is 207 g/mol. The molecule has 3 heteroatoms. The molecule has 1 aromatic heterocycles. The van der Waals surface area contributed by atoms with Gasteiger partial charge in [-0.15, -0.1) is 0 Å². The molecule has 0 fully saturated rings. The number of rotatable bonds is 2. The van der Waals surface area contributed by atoms with Gasteiger partial charge in [0, 0.05) is 17.1 Å². The van der Waals surface area contributed by atoms with Crippen molar-refractivity contribution in [2.75, 3.05) is 0 Å². The van der Waals surface area contributed by atoms with Gasteiger partial charge in [0.15, 0.2) is 0 Å². The summed E-state index contributed by atoms with van der Waals surface area (Å²) < 4.78 is 13.8. The quantitative estimate of drug-likeness (QED) is 0.780. The topological polar surface area (TPSA) is 36.0 Å². The zero-order valence-corrected chi connectivity index (χ0v) is 8.84. The molecule has 0 saturated heterocycles. The van der Waals surface area contributed by atoms with Crippen LogP contribution < -0.4 is 0 Å². The van der Waals surface area contributed by atoms with Crippen molar-refractivity contribution in [1.82, 2.24) is 4.98 Å². The molecule has 0 atom stereocenters. The Balaban J connectivity index is 2.81. The first-order chi connectivity index (χ1) is 7.15. The van der Waals surface area contributed by atoms with Gasteiger partial charge in [0.05, 0.1) is 12.1 Å². The first-order valence-electron chi connectivity index (χ1n) is 5.04. The third-order valence-electron chi connectivity index (χ3n) is 2.66. The Kier molecular flexibility index (Phi) is 2.49. The number of aromatic amines is 1. The SMILES string of the molecule is CC(C)c1c(F)cc(CO)c2[nH]ccc12. The zero-order valence-electron chi connectivity index (χ0n) is 8.84. The van der Waals surface area contributed by atoms with E-state index in [0.29, 0.717) is 11.1 Å². The lowest BCUT2D eigenvalue weighted by molar-refractivity contribution is 0.282. The van der Waals surface area contributed by atoms with Crippen LogP contribution in [0.15, 0.2) is 18.3 Å². The van der Waals surface area contributed by atoms with Gasteiger partial charge < -0.3 is 10.1 Å². The summed E-state index contributed by atoms with van der Waals surface area (Å²) in [6.07, 6.45) is 1.77. The molecule has 1 aromatic carbocycles. The van der Waals surface area contributed by atoms with E-state index >= 15 is 0 Å². The van der Waals surface area contributed by atoms with Crippen LogP contribution in [0, 0.1) is 5.82 Å². The van der Waals surface area contributed by atoms with Crippen LogP contribution in [0.5, 0.6) is 0 Å². The van der Waals surface area contributed by atoms with Gasteiger partial charge in [-0.1, -0.05) is 13.8 Å². The van der Waals surface area contributed by atoms with E-state index < -0.39 is 0 Å². The summed E-state index contributed by atoms with van der Waals surface area (Å²) in [5.74, 6) is -0.0998. The molecule has 2 N–H and O–H groups in total. The summed E-state index contributed by atoms with van der Waals surface area (Å²) in [7, 11) is 0. The number of benzene rings is 1. The lowest BCUT2D eigenvalue weighted by Gasteiger charge is -2.11. The Morgan fingerprint density at radius 2 is 2.20 bits per heavy atom. The van der Waals surface area contributed by atoms with Gasteiger partial charge in [-0.25, -0.2) is 4.39 Å². The highest BCUT2D eigenvalue weighted by molar-refractivity contribution is 5.86. The highest BCUT2D eigenvalue weighted by atomic mass is 19.1. The van der Waals surface area contributed by atoms with Crippen molar-refractivity contribution in [2.45, 2.75) is 26.4 Å². The van der Waals surface area contributed by atoms with Gasteiger partial charge in [-0.05, 0) is 23.6 Å². The van der Waals surface area contributed by atoms with Crippen molar-refractivity contribution in [3.8, 4) is 0 Å². The van der Waals surface area contributed by atoms with E-state index in [1.54, 1.807) is 6.20 Å². The normalized spacial score (nSPS) is 11.5. The molecule has 15 heavy (non-hydrogen) atoms. The van der Waals surface area contributed by atoms with Crippen LogP contribution in [0.1, 0.15) is 30.9 Å². The van der Waals surface area contributed by atoms with Gasteiger partial charge in [-0.3, -0.25) is 0 Å².